The summed E-state index contributed by atoms with van der Waals surface area (Å²) in [5.41, 5.74) is 1.89. The molecule has 4 aromatic rings. The fraction of sp³-hybridized carbons (Fsp3) is 0.0800. The lowest BCUT2D eigenvalue weighted by Crippen LogP contribution is -2.22. The van der Waals surface area contributed by atoms with Gasteiger partial charge >= 0.3 is 0 Å². The van der Waals surface area contributed by atoms with E-state index < -0.39 is 0 Å². The van der Waals surface area contributed by atoms with Gasteiger partial charge in [0.05, 0.1) is 12.7 Å². The Morgan fingerprint density at radius 3 is 2.13 bits per heavy atom. The number of aromatic nitrogens is 1. The van der Waals surface area contributed by atoms with Crippen molar-refractivity contribution in [1.29, 1.82) is 0 Å². The minimum Gasteiger partial charge on any atom is -0.497 e. The summed E-state index contributed by atoms with van der Waals surface area (Å²) in [6.45, 7) is 1.49. The van der Waals surface area contributed by atoms with Crippen molar-refractivity contribution in [3.63, 3.8) is 0 Å². The summed E-state index contributed by atoms with van der Waals surface area (Å²) < 4.78 is 6.64. The van der Waals surface area contributed by atoms with Gasteiger partial charge in [-0.3, -0.25) is 19.0 Å². The molecule has 1 amide bonds. The Morgan fingerprint density at radius 1 is 0.871 bits per heavy atom. The van der Waals surface area contributed by atoms with Gasteiger partial charge < -0.3 is 10.1 Å². The van der Waals surface area contributed by atoms with Crippen LogP contribution in [-0.4, -0.2) is 23.4 Å². The number of benzene rings is 3. The van der Waals surface area contributed by atoms with Crippen molar-refractivity contribution < 1.29 is 14.3 Å². The Labute approximate surface area is 178 Å². The SMILES string of the molecule is COc1ccc(-n2cc(C(=O)Nc3ccc(C(C)=O)cc3)c3ccccc3c2=O)cc1. The molecule has 0 aliphatic carbocycles. The van der Waals surface area contributed by atoms with Gasteiger partial charge in [0.25, 0.3) is 11.5 Å². The van der Waals surface area contributed by atoms with Gasteiger partial charge in [-0.25, -0.2) is 0 Å². The summed E-state index contributed by atoms with van der Waals surface area (Å²) in [6, 6.07) is 20.7. The van der Waals surface area contributed by atoms with Crippen LogP contribution in [-0.2, 0) is 0 Å². The molecule has 0 fully saturated rings. The van der Waals surface area contributed by atoms with Crippen LogP contribution in [0, 0.1) is 0 Å². The molecular formula is C25H20N2O4. The molecule has 6 nitrogen and oxygen atoms in total. The second-order valence-corrected chi connectivity index (χ2v) is 7.05. The fourth-order valence-electron chi connectivity index (χ4n) is 3.39. The Balaban J connectivity index is 1.78. The fourth-order valence-corrected chi connectivity index (χ4v) is 3.39. The Kier molecular flexibility index (Phi) is 5.37. The number of carbonyl (C=O) groups is 2. The Morgan fingerprint density at radius 2 is 1.52 bits per heavy atom. The van der Waals surface area contributed by atoms with E-state index in [9.17, 15) is 14.4 Å². The highest BCUT2D eigenvalue weighted by Gasteiger charge is 2.16. The van der Waals surface area contributed by atoms with E-state index in [1.54, 1.807) is 86.1 Å². The number of hydrogen-bond acceptors (Lipinski definition) is 4. The molecular weight excluding hydrogens is 392 g/mol. The summed E-state index contributed by atoms with van der Waals surface area (Å²) in [5.74, 6) is 0.272. The van der Waals surface area contributed by atoms with Crippen molar-refractivity contribution in [1.82, 2.24) is 4.57 Å². The second kappa shape index (κ2) is 8.28. The molecule has 6 heteroatoms. The van der Waals surface area contributed by atoms with Gasteiger partial charge in [-0.1, -0.05) is 18.2 Å². The number of ketones is 1. The van der Waals surface area contributed by atoms with Crippen LogP contribution >= 0.6 is 0 Å². The molecule has 0 bridgehead atoms. The van der Waals surface area contributed by atoms with Crippen molar-refractivity contribution in [3.8, 4) is 11.4 Å². The third-order valence-corrected chi connectivity index (χ3v) is 5.07. The van der Waals surface area contributed by atoms with Gasteiger partial charge in [0.2, 0.25) is 0 Å². The van der Waals surface area contributed by atoms with Gasteiger partial charge in [0.1, 0.15) is 5.75 Å². The van der Waals surface area contributed by atoms with Gasteiger partial charge in [0, 0.05) is 33.9 Å². The number of nitrogens with one attached hydrogen (secondary N) is 1. The molecule has 4 rings (SSSR count). The number of pyridine rings is 1. The highest BCUT2D eigenvalue weighted by atomic mass is 16.5. The second-order valence-electron chi connectivity index (χ2n) is 7.05. The van der Waals surface area contributed by atoms with Crippen LogP contribution in [0.25, 0.3) is 16.5 Å². The smallest absolute Gasteiger partial charge is 0.262 e. The van der Waals surface area contributed by atoms with E-state index in [1.165, 1.54) is 11.5 Å². The van der Waals surface area contributed by atoms with E-state index in [-0.39, 0.29) is 17.2 Å². The third-order valence-electron chi connectivity index (χ3n) is 5.07. The molecule has 154 valence electrons. The van der Waals surface area contributed by atoms with Crippen LogP contribution in [0.3, 0.4) is 0 Å². The van der Waals surface area contributed by atoms with E-state index in [1.807, 2.05) is 0 Å². The first-order chi connectivity index (χ1) is 15.0. The lowest BCUT2D eigenvalue weighted by molar-refractivity contribution is 0.101. The van der Waals surface area contributed by atoms with E-state index >= 15 is 0 Å². The van der Waals surface area contributed by atoms with Crippen molar-refractivity contribution in [3.05, 3.63) is 100 Å². The Hall–Kier alpha value is -4.19. The summed E-state index contributed by atoms with van der Waals surface area (Å²) in [5, 5.41) is 3.85. The largest absolute Gasteiger partial charge is 0.497 e. The molecule has 0 saturated carbocycles. The maximum Gasteiger partial charge on any atom is 0.262 e. The van der Waals surface area contributed by atoms with Crippen LogP contribution in [0.2, 0.25) is 0 Å². The summed E-state index contributed by atoms with van der Waals surface area (Å²) in [6.07, 6.45) is 1.55. The van der Waals surface area contributed by atoms with E-state index in [0.29, 0.717) is 39.0 Å². The van der Waals surface area contributed by atoms with E-state index in [2.05, 4.69) is 5.32 Å². The lowest BCUT2D eigenvalue weighted by atomic mass is 10.1. The molecule has 0 radical (unpaired) electrons. The lowest BCUT2D eigenvalue weighted by Gasteiger charge is -2.13. The van der Waals surface area contributed by atoms with Gasteiger partial charge in [-0.15, -0.1) is 0 Å². The van der Waals surface area contributed by atoms with Crippen LogP contribution in [0.1, 0.15) is 27.6 Å². The van der Waals surface area contributed by atoms with Crippen molar-refractivity contribution >= 4 is 28.2 Å². The van der Waals surface area contributed by atoms with Crippen molar-refractivity contribution in [2.75, 3.05) is 12.4 Å². The number of ether oxygens (including phenoxy) is 1. The Bertz CT molecular complexity index is 1340. The molecule has 31 heavy (non-hydrogen) atoms. The maximum absolute atomic E-state index is 13.1. The molecule has 1 N–H and O–H groups in total. The predicted octanol–water partition coefficient (Wildman–Crippen LogP) is 4.45. The average Bonchev–Trinajstić information content (AvgIpc) is 2.80. The number of amides is 1. The first kappa shape index (κ1) is 20.1. The number of anilines is 1. The molecule has 0 saturated heterocycles. The highest BCUT2D eigenvalue weighted by molar-refractivity contribution is 6.12. The first-order valence-corrected chi connectivity index (χ1v) is 9.69. The monoisotopic (exact) mass is 412 g/mol. The van der Waals surface area contributed by atoms with Crippen molar-refractivity contribution in [2.45, 2.75) is 6.92 Å². The molecule has 0 unspecified atom stereocenters. The zero-order chi connectivity index (χ0) is 22.0. The van der Waals surface area contributed by atoms with E-state index in [0.717, 1.165) is 0 Å². The number of hydrogen-bond donors (Lipinski definition) is 1. The van der Waals surface area contributed by atoms with Crippen LogP contribution in [0.5, 0.6) is 5.75 Å². The van der Waals surface area contributed by atoms with Crippen LogP contribution in [0.15, 0.2) is 83.8 Å². The zero-order valence-electron chi connectivity index (χ0n) is 17.1. The topological polar surface area (TPSA) is 77.4 Å². The van der Waals surface area contributed by atoms with Crippen molar-refractivity contribution in [2.24, 2.45) is 0 Å². The maximum atomic E-state index is 13.1. The van der Waals surface area contributed by atoms with Gasteiger partial charge in [-0.05, 0) is 61.5 Å². The summed E-state index contributed by atoms with van der Waals surface area (Å²) >= 11 is 0. The number of rotatable bonds is 5. The number of Topliss-reactive ketones (excluding diaryl/α,β-unsaturated/α-hetero) is 1. The standard InChI is InChI=1S/C25H20N2O4/c1-16(28)17-7-9-18(10-8-17)26-24(29)23-15-27(19-11-13-20(31-2)14-12-19)25(30)22-6-4-3-5-21(22)23/h3-15H,1-2H3,(H,26,29). The zero-order valence-corrected chi connectivity index (χ0v) is 17.1. The number of fused-ring (bicyclic) bond motifs is 1. The molecule has 3 aromatic carbocycles. The summed E-state index contributed by atoms with van der Waals surface area (Å²) in [4.78, 5) is 37.7. The predicted molar refractivity (Wildman–Crippen MR) is 120 cm³/mol. The molecule has 1 heterocycles. The van der Waals surface area contributed by atoms with Crippen LogP contribution in [0.4, 0.5) is 5.69 Å². The number of methoxy groups -OCH3 is 1. The molecule has 0 spiro atoms. The highest BCUT2D eigenvalue weighted by Crippen LogP contribution is 2.21. The third kappa shape index (κ3) is 3.96. The first-order valence-electron chi connectivity index (χ1n) is 9.69. The average molecular weight is 412 g/mol. The molecule has 0 atom stereocenters. The number of nitrogens with zero attached hydrogens (tertiary/aromatic N) is 1. The molecule has 0 aliphatic heterocycles. The summed E-state index contributed by atoms with van der Waals surface area (Å²) in [7, 11) is 1.57. The van der Waals surface area contributed by atoms with Crippen LogP contribution < -0.4 is 15.6 Å². The van der Waals surface area contributed by atoms with Gasteiger partial charge in [-0.2, -0.15) is 0 Å². The van der Waals surface area contributed by atoms with Gasteiger partial charge in [0.15, 0.2) is 5.78 Å². The molecule has 1 aromatic heterocycles. The normalized spacial score (nSPS) is 10.6. The minimum atomic E-state index is -0.353. The molecule has 0 aliphatic rings. The number of carbonyl (C=O) groups excluding carboxylic acids is 2. The van der Waals surface area contributed by atoms with E-state index in [4.69, 9.17) is 4.74 Å². The minimum absolute atomic E-state index is 0.0459. The quantitative estimate of drug-likeness (QED) is 0.491.